The first kappa shape index (κ1) is 21.3. The number of carbonyl (C=O) groups is 1. The lowest BCUT2D eigenvalue weighted by atomic mass is 10.1. The lowest BCUT2D eigenvalue weighted by molar-refractivity contribution is -0.120. The van der Waals surface area contributed by atoms with E-state index in [1.807, 2.05) is 35.1 Å². The van der Waals surface area contributed by atoms with Crippen molar-refractivity contribution in [3.8, 4) is 0 Å². The molecule has 1 amide bonds. The highest BCUT2D eigenvalue weighted by Crippen LogP contribution is 2.05. The number of aromatic nitrogens is 1. The van der Waals surface area contributed by atoms with Crippen molar-refractivity contribution in [3.05, 3.63) is 60.3 Å². The Balaban J connectivity index is 0.00000242. The summed E-state index contributed by atoms with van der Waals surface area (Å²) in [5.74, 6) is -0.760. The first-order valence-electron chi connectivity index (χ1n) is 6.26. The topological polar surface area (TPSA) is 102 Å². The fraction of sp³-hybridized carbons (Fsp3) is 0.143. The highest BCUT2D eigenvalue weighted by molar-refractivity contribution is 7.90. The second-order valence-electron chi connectivity index (χ2n) is 4.43. The quantitative estimate of drug-likeness (QED) is 0.817. The number of benzene rings is 1. The molecule has 0 aliphatic heterocycles. The minimum absolute atomic E-state index is 0. The minimum Gasteiger partial charge on any atom is -0.320 e. The molecule has 23 heavy (non-hydrogen) atoms. The van der Waals surface area contributed by atoms with Crippen LogP contribution in [-0.2, 0) is 21.2 Å². The zero-order chi connectivity index (χ0) is 15.3. The van der Waals surface area contributed by atoms with Gasteiger partial charge in [0.1, 0.15) is 0 Å². The van der Waals surface area contributed by atoms with Gasteiger partial charge in [0, 0.05) is 6.20 Å². The van der Waals surface area contributed by atoms with Crippen LogP contribution in [-0.4, -0.2) is 25.4 Å². The molecule has 1 heterocycles. The molecule has 0 bridgehead atoms. The number of halogens is 2. The Morgan fingerprint density at radius 3 is 2.26 bits per heavy atom. The van der Waals surface area contributed by atoms with Crippen LogP contribution in [0.1, 0.15) is 5.56 Å². The van der Waals surface area contributed by atoms with Gasteiger partial charge in [0.05, 0.1) is 6.04 Å². The van der Waals surface area contributed by atoms with Crippen LogP contribution in [0.3, 0.4) is 0 Å². The van der Waals surface area contributed by atoms with Crippen molar-refractivity contribution in [2.75, 3.05) is 0 Å². The number of hydrogen-bond acceptors (Lipinski definition) is 5. The zero-order valence-corrected chi connectivity index (χ0v) is 14.4. The maximum Gasteiger partial charge on any atom is 0.281 e. The summed E-state index contributed by atoms with van der Waals surface area (Å²) in [6.07, 6.45) is 1.59. The van der Waals surface area contributed by atoms with Crippen LogP contribution in [0.4, 0.5) is 0 Å². The molecule has 6 nitrogen and oxygen atoms in total. The summed E-state index contributed by atoms with van der Waals surface area (Å²) in [4.78, 5) is 15.6. The Morgan fingerprint density at radius 1 is 1.09 bits per heavy atom. The van der Waals surface area contributed by atoms with Gasteiger partial charge in [0.25, 0.3) is 15.9 Å². The van der Waals surface area contributed by atoms with Crippen molar-refractivity contribution < 1.29 is 13.2 Å². The van der Waals surface area contributed by atoms with Crippen molar-refractivity contribution >= 4 is 40.7 Å². The average molecular weight is 378 g/mol. The second-order valence-corrected chi connectivity index (χ2v) is 6.06. The predicted octanol–water partition coefficient (Wildman–Crippen LogP) is 1.30. The summed E-state index contributed by atoms with van der Waals surface area (Å²) in [7, 11) is -3.99. The molecule has 0 saturated carbocycles. The number of hydrogen-bond donors (Lipinski definition) is 2. The maximum absolute atomic E-state index is 11.9. The van der Waals surface area contributed by atoms with Gasteiger partial charge >= 0.3 is 0 Å². The molecule has 0 fully saturated rings. The molecule has 0 saturated heterocycles. The smallest absolute Gasteiger partial charge is 0.281 e. The molecule has 0 radical (unpaired) electrons. The van der Waals surface area contributed by atoms with E-state index in [0.717, 1.165) is 5.56 Å². The van der Waals surface area contributed by atoms with E-state index in [0.29, 0.717) is 0 Å². The molecule has 126 valence electrons. The van der Waals surface area contributed by atoms with Gasteiger partial charge in [-0.3, -0.25) is 4.79 Å². The van der Waals surface area contributed by atoms with Gasteiger partial charge < -0.3 is 5.73 Å². The van der Waals surface area contributed by atoms with Gasteiger partial charge in [-0.05, 0) is 24.1 Å². The average Bonchev–Trinajstić information content (AvgIpc) is 2.48. The van der Waals surface area contributed by atoms with Crippen LogP contribution >= 0.6 is 24.8 Å². The van der Waals surface area contributed by atoms with E-state index in [1.165, 1.54) is 18.3 Å². The number of nitrogens with one attached hydrogen (secondary N) is 1. The second kappa shape index (κ2) is 9.46. The Kier molecular flexibility index (Phi) is 8.78. The summed E-state index contributed by atoms with van der Waals surface area (Å²) in [5, 5.41) is -0.217. The maximum atomic E-state index is 11.9. The van der Waals surface area contributed by atoms with E-state index in [1.54, 1.807) is 6.07 Å². The van der Waals surface area contributed by atoms with Gasteiger partial charge in [-0.2, -0.15) is 8.42 Å². The van der Waals surface area contributed by atoms with Crippen molar-refractivity contribution in [2.45, 2.75) is 17.5 Å². The number of rotatable bonds is 5. The number of carbonyl (C=O) groups excluding carboxylic acids is 1. The van der Waals surface area contributed by atoms with Crippen LogP contribution in [0.5, 0.6) is 0 Å². The lowest BCUT2D eigenvalue weighted by Crippen LogP contribution is -2.44. The first-order valence-corrected chi connectivity index (χ1v) is 7.74. The molecule has 0 spiro atoms. The summed E-state index contributed by atoms with van der Waals surface area (Å²) in [6, 6.07) is 12.6. The highest BCUT2D eigenvalue weighted by atomic mass is 35.5. The zero-order valence-electron chi connectivity index (χ0n) is 12.0. The van der Waals surface area contributed by atoms with E-state index in [-0.39, 0.29) is 36.3 Å². The van der Waals surface area contributed by atoms with E-state index >= 15 is 0 Å². The largest absolute Gasteiger partial charge is 0.320 e. The minimum atomic E-state index is -3.99. The van der Waals surface area contributed by atoms with Crippen LogP contribution in [0.25, 0.3) is 0 Å². The molecule has 2 rings (SSSR count). The van der Waals surface area contributed by atoms with Crippen LogP contribution in [0.15, 0.2) is 59.8 Å². The lowest BCUT2D eigenvalue weighted by Gasteiger charge is -2.12. The van der Waals surface area contributed by atoms with E-state index in [9.17, 15) is 13.2 Å². The fourth-order valence-electron chi connectivity index (χ4n) is 1.73. The van der Waals surface area contributed by atoms with Crippen molar-refractivity contribution in [1.29, 1.82) is 0 Å². The summed E-state index contributed by atoms with van der Waals surface area (Å²) in [6.45, 7) is 0. The van der Waals surface area contributed by atoms with Crippen molar-refractivity contribution in [3.63, 3.8) is 0 Å². The van der Waals surface area contributed by atoms with Gasteiger partial charge in [-0.25, -0.2) is 9.71 Å². The van der Waals surface area contributed by atoms with Crippen LogP contribution < -0.4 is 10.5 Å². The summed E-state index contributed by atoms with van der Waals surface area (Å²) >= 11 is 0. The van der Waals surface area contributed by atoms with Crippen LogP contribution in [0.2, 0.25) is 0 Å². The van der Waals surface area contributed by atoms with Gasteiger partial charge in [-0.15, -0.1) is 24.8 Å². The molecular formula is C14H17Cl2N3O3S. The molecule has 1 aromatic carbocycles. The SMILES string of the molecule is Cl.Cl.NC(Cc1ccccc1)C(=O)NS(=O)(=O)c1ccccn1. The number of nitrogens with two attached hydrogens (primary N) is 1. The molecule has 1 aromatic heterocycles. The molecule has 1 unspecified atom stereocenters. The molecule has 2 aromatic rings. The molecule has 0 aliphatic rings. The molecule has 1 atom stereocenters. The molecule has 0 aliphatic carbocycles. The summed E-state index contributed by atoms with van der Waals surface area (Å²) < 4.78 is 25.8. The van der Waals surface area contributed by atoms with E-state index in [2.05, 4.69) is 4.98 Å². The third-order valence-electron chi connectivity index (χ3n) is 2.78. The van der Waals surface area contributed by atoms with E-state index in [4.69, 9.17) is 5.73 Å². The fourth-order valence-corrected chi connectivity index (χ4v) is 2.71. The third kappa shape index (κ3) is 6.15. The van der Waals surface area contributed by atoms with Gasteiger partial charge in [0.2, 0.25) is 0 Å². The Morgan fingerprint density at radius 2 is 1.70 bits per heavy atom. The number of sulfonamides is 1. The normalized spacial score (nSPS) is 11.5. The Labute approximate surface area is 147 Å². The predicted molar refractivity (Wildman–Crippen MR) is 92.2 cm³/mol. The highest BCUT2D eigenvalue weighted by Gasteiger charge is 2.22. The number of pyridine rings is 1. The van der Waals surface area contributed by atoms with E-state index < -0.39 is 22.0 Å². The first-order chi connectivity index (χ1) is 9.99. The molecule has 3 N–H and O–H groups in total. The van der Waals surface area contributed by atoms with Crippen molar-refractivity contribution in [2.24, 2.45) is 5.73 Å². The third-order valence-corrected chi connectivity index (χ3v) is 4.05. The number of nitrogens with zero attached hydrogens (tertiary/aromatic N) is 1. The van der Waals surface area contributed by atoms with Gasteiger partial charge in [0.15, 0.2) is 5.03 Å². The molecular weight excluding hydrogens is 361 g/mol. The molecule has 9 heteroatoms. The van der Waals surface area contributed by atoms with Gasteiger partial charge in [-0.1, -0.05) is 36.4 Å². The Hall–Kier alpha value is -1.67. The summed E-state index contributed by atoms with van der Waals surface area (Å²) in [5.41, 5.74) is 6.59. The Bertz CT molecular complexity index is 713. The van der Waals surface area contributed by atoms with Crippen molar-refractivity contribution in [1.82, 2.24) is 9.71 Å². The monoisotopic (exact) mass is 377 g/mol. The number of amides is 1. The van der Waals surface area contributed by atoms with Crippen LogP contribution in [0, 0.1) is 0 Å². The standard InChI is InChI=1S/C14H15N3O3S.2ClH/c15-12(10-11-6-2-1-3-7-11)14(18)17-21(19,20)13-8-4-5-9-16-13;;/h1-9,12H,10,15H2,(H,17,18);2*1H.